The maximum Gasteiger partial charge on any atom is 0.267 e. The molecule has 0 aliphatic carbocycles. The molecule has 0 spiro atoms. The number of anilines is 2. The molecule has 3 aromatic heterocycles. The van der Waals surface area contributed by atoms with Crippen molar-refractivity contribution in [1.82, 2.24) is 24.7 Å². The lowest BCUT2D eigenvalue weighted by atomic mass is 10.0. The number of aromatic amines is 1. The van der Waals surface area contributed by atoms with Crippen molar-refractivity contribution < 1.29 is 4.74 Å². The van der Waals surface area contributed by atoms with Gasteiger partial charge in [-0.1, -0.05) is 38.1 Å². The van der Waals surface area contributed by atoms with Gasteiger partial charge in [-0.25, -0.2) is 4.98 Å². The normalized spacial score (nSPS) is 15.3. The minimum atomic E-state index is -0.175. The number of pyridine rings is 1. The summed E-state index contributed by atoms with van der Waals surface area (Å²) in [5.74, 6) is 1.61. The first kappa shape index (κ1) is 22.1. The average Bonchev–Trinajstić information content (AvgIpc) is 3.38. The zero-order valence-electron chi connectivity index (χ0n) is 20.4. The van der Waals surface area contributed by atoms with Crippen LogP contribution in [-0.2, 0) is 0 Å². The summed E-state index contributed by atoms with van der Waals surface area (Å²) in [6.07, 6.45) is 3.27. The minimum absolute atomic E-state index is 0.0806. The van der Waals surface area contributed by atoms with E-state index in [0.29, 0.717) is 40.3 Å². The van der Waals surface area contributed by atoms with Gasteiger partial charge in [-0.15, -0.1) is 0 Å². The molecule has 0 radical (unpaired) electrons. The highest BCUT2D eigenvalue weighted by Crippen LogP contribution is 2.32. The van der Waals surface area contributed by atoms with Crippen molar-refractivity contribution in [1.29, 1.82) is 0 Å². The lowest BCUT2D eigenvalue weighted by Crippen LogP contribution is -2.41. The second-order valence-corrected chi connectivity index (χ2v) is 9.44. The van der Waals surface area contributed by atoms with Crippen LogP contribution in [0.1, 0.15) is 25.3 Å². The van der Waals surface area contributed by atoms with Crippen LogP contribution in [-0.4, -0.2) is 51.0 Å². The second kappa shape index (κ2) is 8.67. The van der Waals surface area contributed by atoms with Gasteiger partial charge in [0, 0.05) is 19.4 Å². The van der Waals surface area contributed by atoms with E-state index in [1.54, 1.807) is 17.0 Å². The van der Waals surface area contributed by atoms with Crippen molar-refractivity contribution in [3.8, 4) is 11.4 Å². The Bertz CT molecular complexity index is 1640. The molecule has 2 N–H and O–H groups in total. The standard InChI is InChI=1S/C27H27N7O2/c1-16(2)17-7-6-8-18(11-17)34-25-20(24-21(26(34)35)14-30-32-24)13-29-27(31-25)28-12-19-15-33(3)22-9-4-5-10-23(22)36-19/h4-11,13-14,16,19H,12,15H2,1-3H3,(H,30,32)(H,28,29,31). The van der Waals surface area contributed by atoms with Gasteiger partial charge >= 0.3 is 0 Å². The van der Waals surface area contributed by atoms with Gasteiger partial charge in [0.15, 0.2) is 5.65 Å². The molecular weight excluding hydrogens is 454 g/mol. The lowest BCUT2D eigenvalue weighted by molar-refractivity contribution is 0.208. The highest BCUT2D eigenvalue weighted by molar-refractivity contribution is 6.02. The molecule has 0 saturated carbocycles. The molecule has 0 fully saturated rings. The Hall–Kier alpha value is -4.40. The van der Waals surface area contributed by atoms with E-state index in [1.807, 2.05) is 36.4 Å². The Labute approximate surface area is 207 Å². The molecule has 0 bridgehead atoms. The molecule has 4 heterocycles. The van der Waals surface area contributed by atoms with Crippen LogP contribution in [0.25, 0.3) is 27.6 Å². The van der Waals surface area contributed by atoms with E-state index in [0.717, 1.165) is 29.2 Å². The zero-order valence-corrected chi connectivity index (χ0v) is 20.4. The fraction of sp³-hybridized carbons (Fsp3) is 0.259. The van der Waals surface area contributed by atoms with E-state index in [4.69, 9.17) is 9.72 Å². The number of para-hydroxylation sites is 2. The third kappa shape index (κ3) is 3.73. The predicted octanol–water partition coefficient (Wildman–Crippen LogP) is 4.09. The zero-order chi connectivity index (χ0) is 24.8. The van der Waals surface area contributed by atoms with E-state index in [1.165, 1.54) is 0 Å². The van der Waals surface area contributed by atoms with Gasteiger partial charge in [-0.2, -0.15) is 10.1 Å². The van der Waals surface area contributed by atoms with Crippen molar-refractivity contribution in [3.63, 3.8) is 0 Å². The van der Waals surface area contributed by atoms with Crippen molar-refractivity contribution in [2.75, 3.05) is 30.4 Å². The van der Waals surface area contributed by atoms with Gasteiger partial charge in [0.1, 0.15) is 17.4 Å². The Morgan fingerprint density at radius 2 is 2.03 bits per heavy atom. The van der Waals surface area contributed by atoms with Gasteiger partial charge < -0.3 is 15.0 Å². The van der Waals surface area contributed by atoms with Gasteiger partial charge in [-0.05, 0) is 35.7 Å². The fourth-order valence-electron chi connectivity index (χ4n) is 4.74. The molecular formula is C27H27N7O2. The maximum absolute atomic E-state index is 13.6. The van der Waals surface area contributed by atoms with Crippen LogP contribution in [0.15, 0.2) is 65.7 Å². The summed E-state index contributed by atoms with van der Waals surface area (Å²) in [6.45, 7) is 5.51. The first-order valence-corrected chi connectivity index (χ1v) is 12.1. The van der Waals surface area contributed by atoms with Gasteiger partial charge in [0.2, 0.25) is 5.95 Å². The van der Waals surface area contributed by atoms with Crippen LogP contribution in [0.4, 0.5) is 11.6 Å². The number of benzene rings is 2. The Balaban J connectivity index is 1.39. The summed E-state index contributed by atoms with van der Waals surface area (Å²) >= 11 is 0. The first-order valence-electron chi connectivity index (χ1n) is 12.1. The number of nitrogens with zero attached hydrogens (tertiary/aromatic N) is 5. The highest BCUT2D eigenvalue weighted by atomic mass is 16.5. The SMILES string of the molecule is CC(C)c1cccc(-n2c(=O)c3c[nH]nc3c3cnc(NCC4CN(C)c5ccccc5O4)nc32)c1. The number of rotatable bonds is 5. The average molecular weight is 482 g/mol. The third-order valence-corrected chi connectivity index (χ3v) is 6.64. The lowest BCUT2D eigenvalue weighted by Gasteiger charge is -2.33. The summed E-state index contributed by atoms with van der Waals surface area (Å²) in [7, 11) is 2.06. The number of hydrogen-bond acceptors (Lipinski definition) is 7. The molecule has 6 rings (SSSR count). The summed E-state index contributed by atoms with van der Waals surface area (Å²) in [5.41, 5.74) is 3.87. The van der Waals surface area contributed by atoms with Crippen molar-refractivity contribution in [2.24, 2.45) is 0 Å². The highest BCUT2D eigenvalue weighted by Gasteiger charge is 2.23. The van der Waals surface area contributed by atoms with Gasteiger partial charge in [0.25, 0.3) is 5.56 Å². The van der Waals surface area contributed by atoms with Crippen molar-refractivity contribution in [2.45, 2.75) is 25.9 Å². The number of aromatic nitrogens is 5. The number of nitrogens with one attached hydrogen (secondary N) is 2. The van der Waals surface area contributed by atoms with Crippen molar-refractivity contribution >= 4 is 33.6 Å². The molecule has 9 heteroatoms. The molecule has 1 unspecified atom stereocenters. The minimum Gasteiger partial charge on any atom is -0.485 e. The van der Waals surface area contributed by atoms with Crippen LogP contribution in [0.5, 0.6) is 5.75 Å². The fourth-order valence-corrected chi connectivity index (χ4v) is 4.74. The smallest absolute Gasteiger partial charge is 0.267 e. The third-order valence-electron chi connectivity index (χ3n) is 6.64. The van der Waals surface area contributed by atoms with Crippen LogP contribution in [0, 0.1) is 0 Å². The second-order valence-electron chi connectivity index (χ2n) is 9.44. The molecule has 0 saturated heterocycles. The molecule has 1 aliphatic rings. The number of fused-ring (bicyclic) bond motifs is 4. The number of likely N-dealkylation sites (N-methyl/N-ethyl adjacent to an activating group) is 1. The summed E-state index contributed by atoms with van der Waals surface area (Å²) in [6, 6.07) is 16.0. The molecule has 1 aliphatic heterocycles. The van der Waals surface area contributed by atoms with E-state index in [-0.39, 0.29) is 11.7 Å². The van der Waals surface area contributed by atoms with Crippen LogP contribution in [0.3, 0.4) is 0 Å². The largest absolute Gasteiger partial charge is 0.485 e. The van der Waals surface area contributed by atoms with Crippen molar-refractivity contribution in [3.05, 3.63) is 76.8 Å². The number of ether oxygens (including phenoxy) is 1. The van der Waals surface area contributed by atoms with E-state index >= 15 is 0 Å². The summed E-state index contributed by atoms with van der Waals surface area (Å²) < 4.78 is 7.82. The predicted molar refractivity (Wildman–Crippen MR) is 141 cm³/mol. The molecule has 2 aromatic carbocycles. The van der Waals surface area contributed by atoms with E-state index < -0.39 is 0 Å². The Kier molecular flexibility index (Phi) is 5.32. The molecule has 5 aromatic rings. The van der Waals surface area contributed by atoms with Gasteiger partial charge in [0.05, 0.1) is 35.2 Å². The topological polar surface area (TPSA) is 101 Å². The maximum atomic E-state index is 13.6. The van der Waals surface area contributed by atoms with Crippen LogP contribution in [0.2, 0.25) is 0 Å². The first-order chi connectivity index (χ1) is 17.5. The monoisotopic (exact) mass is 481 g/mol. The molecule has 36 heavy (non-hydrogen) atoms. The van der Waals surface area contributed by atoms with Crippen LogP contribution >= 0.6 is 0 Å². The molecule has 182 valence electrons. The van der Waals surface area contributed by atoms with E-state index in [2.05, 4.69) is 58.4 Å². The Morgan fingerprint density at radius 3 is 2.89 bits per heavy atom. The molecule has 1 atom stereocenters. The summed E-state index contributed by atoms with van der Waals surface area (Å²) in [5, 5.41) is 11.6. The molecule has 0 amide bonds. The number of hydrogen-bond donors (Lipinski definition) is 2. The summed E-state index contributed by atoms with van der Waals surface area (Å²) in [4.78, 5) is 25.0. The van der Waals surface area contributed by atoms with Crippen LogP contribution < -0.4 is 20.5 Å². The molecule has 9 nitrogen and oxygen atoms in total. The van der Waals surface area contributed by atoms with E-state index in [9.17, 15) is 4.79 Å². The Morgan fingerprint density at radius 1 is 1.17 bits per heavy atom. The van der Waals surface area contributed by atoms with Gasteiger partial charge in [-0.3, -0.25) is 14.5 Å². The number of H-pyrrole nitrogens is 1. The quantitative estimate of drug-likeness (QED) is 0.390.